The summed E-state index contributed by atoms with van der Waals surface area (Å²) in [6.07, 6.45) is 2.89. The third-order valence-electron chi connectivity index (χ3n) is 4.48. The van der Waals surface area contributed by atoms with E-state index in [9.17, 15) is 4.79 Å². The van der Waals surface area contributed by atoms with Gasteiger partial charge in [-0.1, -0.05) is 0 Å². The average Bonchev–Trinajstić information content (AvgIpc) is 2.93. The maximum absolute atomic E-state index is 12.6. The number of guanidine groups is 1. The first kappa shape index (κ1) is 22.5. The Labute approximate surface area is 173 Å². The second kappa shape index (κ2) is 10.1. The van der Waals surface area contributed by atoms with Crippen molar-refractivity contribution in [3.63, 3.8) is 0 Å². The molecule has 0 bridgehead atoms. The van der Waals surface area contributed by atoms with Crippen LogP contribution in [0.15, 0.2) is 4.99 Å². The van der Waals surface area contributed by atoms with Crippen molar-refractivity contribution in [1.29, 1.82) is 0 Å². The first-order valence-electron chi connectivity index (χ1n) is 10.1. The number of piperidine rings is 1. The number of nitrogens with one attached hydrogen (secondary N) is 2. The molecule has 1 aromatic heterocycles. The largest absolute Gasteiger partial charge is 0.444 e. The highest BCUT2D eigenvalue weighted by atomic mass is 32.1. The Morgan fingerprint density at radius 1 is 1.32 bits per heavy atom. The summed E-state index contributed by atoms with van der Waals surface area (Å²) in [4.78, 5) is 24.8. The molecule has 1 aliphatic rings. The summed E-state index contributed by atoms with van der Waals surface area (Å²) < 4.78 is 5.59. The normalized spacial score (nSPS) is 18.1. The molecule has 8 heteroatoms. The van der Waals surface area contributed by atoms with Crippen LogP contribution < -0.4 is 10.6 Å². The van der Waals surface area contributed by atoms with E-state index in [1.165, 1.54) is 4.88 Å². The first-order chi connectivity index (χ1) is 13.2. The Morgan fingerprint density at radius 3 is 2.68 bits per heavy atom. The van der Waals surface area contributed by atoms with E-state index in [2.05, 4.69) is 15.6 Å². The molecule has 1 saturated heterocycles. The van der Waals surface area contributed by atoms with Crippen molar-refractivity contribution in [3.05, 3.63) is 15.6 Å². The van der Waals surface area contributed by atoms with Crippen molar-refractivity contribution in [1.82, 2.24) is 20.5 Å². The molecule has 0 aromatic carbocycles. The fourth-order valence-electron chi connectivity index (χ4n) is 3.20. The van der Waals surface area contributed by atoms with Gasteiger partial charge >= 0.3 is 6.09 Å². The number of carbonyl (C=O) groups excluding carboxylic acids is 1. The SMILES string of the molecule is CCNC(=NCc1sc(C)nc1C)NCC1CCCCN1C(=O)OC(C)(C)C. The van der Waals surface area contributed by atoms with Crippen molar-refractivity contribution in [2.24, 2.45) is 4.99 Å². The Bertz CT molecular complexity index is 681. The molecule has 1 atom stereocenters. The quantitative estimate of drug-likeness (QED) is 0.574. The highest BCUT2D eigenvalue weighted by Gasteiger charge is 2.30. The van der Waals surface area contributed by atoms with Crippen LogP contribution in [0.25, 0.3) is 0 Å². The molecule has 0 aliphatic carbocycles. The minimum absolute atomic E-state index is 0.111. The molecular formula is C20H35N5O2S. The van der Waals surface area contributed by atoms with Crippen LogP contribution in [-0.2, 0) is 11.3 Å². The second-order valence-corrected chi connectivity index (χ2v) is 9.43. The van der Waals surface area contributed by atoms with E-state index >= 15 is 0 Å². The second-order valence-electron chi connectivity index (χ2n) is 8.14. The summed E-state index contributed by atoms with van der Waals surface area (Å²) in [7, 11) is 0. The van der Waals surface area contributed by atoms with Gasteiger partial charge in [-0.25, -0.2) is 14.8 Å². The molecule has 1 aromatic rings. The van der Waals surface area contributed by atoms with E-state index < -0.39 is 5.60 Å². The van der Waals surface area contributed by atoms with Gasteiger partial charge in [0.25, 0.3) is 0 Å². The van der Waals surface area contributed by atoms with Crippen LogP contribution in [0.2, 0.25) is 0 Å². The summed E-state index contributed by atoms with van der Waals surface area (Å²) >= 11 is 1.69. The zero-order chi connectivity index (χ0) is 20.7. The molecule has 1 fully saturated rings. The van der Waals surface area contributed by atoms with Crippen LogP contribution in [0.4, 0.5) is 4.79 Å². The predicted octanol–water partition coefficient (Wildman–Crippen LogP) is 3.60. The molecule has 1 amide bonds. The zero-order valence-corrected chi connectivity index (χ0v) is 18.9. The number of nitrogens with zero attached hydrogens (tertiary/aromatic N) is 3. The Kier molecular flexibility index (Phi) is 8.10. The van der Waals surface area contributed by atoms with Crippen LogP contribution in [0.3, 0.4) is 0 Å². The summed E-state index contributed by atoms with van der Waals surface area (Å²) in [6.45, 7) is 14.6. The molecule has 1 aliphatic heterocycles. The number of thiazole rings is 1. The molecule has 2 rings (SSSR count). The fourth-order valence-corrected chi connectivity index (χ4v) is 4.06. The van der Waals surface area contributed by atoms with Gasteiger partial charge in [0, 0.05) is 24.5 Å². The molecule has 28 heavy (non-hydrogen) atoms. The van der Waals surface area contributed by atoms with Gasteiger partial charge in [0.15, 0.2) is 5.96 Å². The van der Waals surface area contributed by atoms with Crippen molar-refractivity contribution in [3.8, 4) is 0 Å². The minimum atomic E-state index is -0.479. The lowest BCUT2D eigenvalue weighted by molar-refractivity contribution is 0.0104. The van der Waals surface area contributed by atoms with Gasteiger partial charge in [-0.2, -0.15) is 0 Å². The molecule has 0 radical (unpaired) electrons. The van der Waals surface area contributed by atoms with Crippen molar-refractivity contribution >= 4 is 23.4 Å². The molecule has 2 heterocycles. The molecule has 2 N–H and O–H groups in total. The van der Waals surface area contributed by atoms with Crippen molar-refractivity contribution in [2.75, 3.05) is 19.6 Å². The Morgan fingerprint density at radius 2 is 2.07 bits per heavy atom. The van der Waals surface area contributed by atoms with Crippen molar-refractivity contribution < 1.29 is 9.53 Å². The third-order valence-corrected chi connectivity index (χ3v) is 5.54. The highest BCUT2D eigenvalue weighted by molar-refractivity contribution is 7.11. The number of aryl methyl sites for hydroxylation is 2. The lowest BCUT2D eigenvalue weighted by Gasteiger charge is -2.37. The minimum Gasteiger partial charge on any atom is -0.444 e. The van der Waals surface area contributed by atoms with Gasteiger partial charge in [0.1, 0.15) is 5.60 Å². The maximum Gasteiger partial charge on any atom is 0.410 e. The number of hydrogen-bond donors (Lipinski definition) is 2. The average molecular weight is 410 g/mol. The first-order valence-corrected chi connectivity index (χ1v) is 11.0. The topological polar surface area (TPSA) is 78.9 Å². The van der Waals surface area contributed by atoms with E-state index in [1.807, 2.05) is 46.4 Å². The van der Waals surface area contributed by atoms with Crippen LogP contribution in [0.1, 0.15) is 62.5 Å². The number of hydrogen-bond acceptors (Lipinski definition) is 5. The lowest BCUT2D eigenvalue weighted by atomic mass is 10.0. The number of ether oxygens (including phenoxy) is 1. The predicted molar refractivity (Wildman–Crippen MR) is 115 cm³/mol. The highest BCUT2D eigenvalue weighted by Crippen LogP contribution is 2.20. The number of aromatic nitrogens is 1. The Balaban J connectivity index is 1.98. The van der Waals surface area contributed by atoms with E-state index in [1.54, 1.807) is 11.3 Å². The molecule has 0 spiro atoms. The molecule has 1 unspecified atom stereocenters. The van der Waals surface area contributed by atoms with E-state index in [4.69, 9.17) is 9.73 Å². The lowest BCUT2D eigenvalue weighted by Crippen LogP contribution is -2.52. The molecule has 158 valence electrons. The molecule has 0 saturated carbocycles. The van der Waals surface area contributed by atoms with Gasteiger partial charge in [0.2, 0.25) is 0 Å². The molecule has 7 nitrogen and oxygen atoms in total. The molecular weight excluding hydrogens is 374 g/mol. The Hall–Kier alpha value is -1.83. The standard InChI is InChI=1S/C20H35N5O2S/c1-7-21-18(23-13-17-14(2)24-15(3)28-17)22-12-16-10-8-9-11-25(16)19(26)27-20(4,5)6/h16H,7-13H2,1-6H3,(H2,21,22,23). The van der Waals surface area contributed by atoms with Crippen molar-refractivity contribution in [2.45, 2.75) is 79.0 Å². The van der Waals surface area contributed by atoms with E-state index in [-0.39, 0.29) is 12.1 Å². The van der Waals surface area contributed by atoms with Gasteiger partial charge in [-0.15, -0.1) is 11.3 Å². The van der Waals surface area contributed by atoms with Gasteiger partial charge < -0.3 is 20.3 Å². The number of rotatable bonds is 5. The van der Waals surface area contributed by atoms with E-state index in [0.717, 1.165) is 49.0 Å². The number of amides is 1. The maximum atomic E-state index is 12.6. The van der Waals surface area contributed by atoms with Gasteiger partial charge in [-0.3, -0.25) is 0 Å². The van der Waals surface area contributed by atoms with E-state index in [0.29, 0.717) is 13.1 Å². The monoisotopic (exact) mass is 409 g/mol. The van der Waals surface area contributed by atoms with Gasteiger partial charge in [0.05, 0.1) is 23.3 Å². The summed E-state index contributed by atoms with van der Waals surface area (Å²) in [6, 6.07) is 0.111. The van der Waals surface area contributed by atoms with Crippen LogP contribution in [0, 0.1) is 13.8 Å². The summed E-state index contributed by atoms with van der Waals surface area (Å²) in [5.41, 5.74) is 0.568. The number of aliphatic imine (C=N–C) groups is 1. The number of carbonyl (C=O) groups is 1. The van der Waals surface area contributed by atoms with Gasteiger partial charge in [-0.05, 0) is 60.8 Å². The van der Waals surface area contributed by atoms with Crippen LogP contribution >= 0.6 is 11.3 Å². The summed E-state index contributed by atoms with van der Waals surface area (Å²) in [5.74, 6) is 0.766. The van der Waals surface area contributed by atoms with Crippen LogP contribution in [-0.4, -0.2) is 53.2 Å². The van der Waals surface area contributed by atoms with Crippen LogP contribution in [0.5, 0.6) is 0 Å². The number of likely N-dealkylation sites (tertiary alicyclic amines) is 1. The smallest absolute Gasteiger partial charge is 0.410 e. The zero-order valence-electron chi connectivity index (χ0n) is 18.1. The fraction of sp³-hybridized carbons (Fsp3) is 0.750. The summed E-state index contributed by atoms with van der Waals surface area (Å²) in [5, 5.41) is 7.76. The third kappa shape index (κ3) is 6.96.